The van der Waals surface area contributed by atoms with Gasteiger partial charge in [0.2, 0.25) is 0 Å². The van der Waals surface area contributed by atoms with Crippen molar-refractivity contribution in [2.24, 2.45) is 5.41 Å². The Bertz CT molecular complexity index is 1210. The Morgan fingerprint density at radius 3 is 2.64 bits per heavy atom. The zero-order valence-corrected chi connectivity index (χ0v) is 22.0. The lowest BCUT2D eigenvalue weighted by Crippen LogP contribution is -2.44. The molecule has 1 N–H and O–H groups in total. The summed E-state index contributed by atoms with van der Waals surface area (Å²) in [7, 11) is 0. The zero-order chi connectivity index (χ0) is 25.1. The van der Waals surface area contributed by atoms with Gasteiger partial charge in [0.1, 0.15) is 15.6 Å². The average molecular weight is 506 g/mol. The summed E-state index contributed by atoms with van der Waals surface area (Å²) in [6.45, 7) is 10.1. The van der Waals surface area contributed by atoms with Gasteiger partial charge in [-0.1, -0.05) is 30.3 Å². The Morgan fingerprint density at radius 2 is 1.86 bits per heavy atom. The van der Waals surface area contributed by atoms with Crippen LogP contribution in [0.4, 0.5) is 0 Å². The lowest BCUT2D eigenvalue weighted by atomic mass is 9.79. The number of phenols is 1. The van der Waals surface area contributed by atoms with E-state index >= 15 is 0 Å². The Balaban J connectivity index is 1.27. The summed E-state index contributed by atoms with van der Waals surface area (Å²) in [6.07, 6.45) is 3.70. The highest BCUT2D eigenvalue weighted by atomic mass is 32.1. The van der Waals surface area contributed by atoms with Crippen LogP contribution in [0.3, 0.4) is 0 Å². The van der Waals surface area contributed by atoms with E-state index < -0.39 is 0 Å². The van der Waals surface area contributed by atoms with Crippen molar-refractivity contribution >= 4 is 17.3 Å². The largest absolute Gasteiger partial charge is 0.508 e. The van der Waals surface area contributed by atoms with Crippen molar-refractivity contribution in [3.63, 3.8) is 0 Å². The van der Waals surface area contributed by atoms with E-state index in [0.717, 1.165) is 55.4 Å². The molecular formula is C29H35N3O3S. The zero-order valence-electron chi connectivity index (χ0n) is 21.2. The number of aromatic hydroxyl groups is 1. The number of hydrogen-bond acceptors (Lipinski definition) is 7. The van der Waals surface area contributed by atoms with Crippen LogP contribution in [0.5, 0.6) is 5.75 Å². The molecule has 3 heterocycles. The van der Waals surface area contributed by atoms with Gasteiger partial charge in [-0.15, -0.1) is 11.3 Å². The van der Waals surface area contributed by atoms with E-state index in [1.54, 1.807) is 13.0 Å². The normalized spacial score (nSPS) is 20.7. The van der Waals surface area contributed by atoms with Gasteiger partial charge in [0.25, 0.3) is 0 Å². The molecule has 2 aliphatic rings. The third-order valence-corrected chi connectivity index (χ3v) is 8.67. The highest BCUT2D eigenvalue weighted by Crippen LogP contribution is 2.40. The summed E-state index contributed by atoms with van der Waals surface area (Å²) in [5.41, 5.74) is 4.23. The predicted octanol–water partition coefficient (Wildman–Crippen LogP) is 5.49. The van der Waals surface area contributed by atoms with Crippen molar-refractivity contribution < 1.29 is 14.6 Å². The molecule has 36 heavy (non-hydrogen) atoms. The van der Waals surface area contributed by atoms with E-state index in [1.807, 2.05) is 19.1 Å². The minimum Gasteiger partial charge on any atom is -0.508 e. The smallest absolute Gasteiger partial charge is 0.350 e. The van der Waals surface area contributed by atoms with Gasteiger partial charge in [-0.25, -0.2) is 9.78 Å². The van der Waals surface area contributed by atoms with Crippen LogP contribution >= 0.6 is 11.3 Å². The Labute approximate surface area is 217 Å². The van der Waals surface area contributed by atoms with Crippen LogP contribution in [0.25, 0.3) is 10.6 Å². The number of thiazole rings is 1. The van der Waals surface area contributed by atoms with Crippen molar-refractivity contribution in [1.82, 2.24) is 14.8 Å². The number of nitrogens with zero attached hydrogens (tertiary/aromatic N) is 3. The van der Waals surface area contributed by atoms with Crippen LogP contribution in [0.15, 0.2) is 48.5 Å². The van der Waals surface area contributed by atoms with Crippen LogP contribution in [0, 0.1) is 12.3 Å². The Kier molecular flexibility index (Phi) is 7.42. The fourth-order valence-electron chi connectivity index (χ4n) is 5.77. The number of esters is 1. The second-order valence-corrected chi connectivity index (χ2v) is 11.3. The molecule has 2 saturated heterocycles. The predicted molar refractivity (Wildman–Crippen MR) is 143 cm³/mol. The molecule has 5 rings (SSSR count). The van der Waals surface area contributed by atoms with Gasteiger partial charge in [-0.05, 0) is 75.4 Å². The van der Waals surface area contributed by atoms with E-state index in [1.165, 1.54) is 36.2 Å². The monoisotopic (exact) mass is 505 g/mol. The second kappa shape index (κ2) is 10.7. The quantitative estimate of drug-likeness (QED) is 0.429. The Hall–Kier alpha value is -2.74. The minimum absolute atomic E-state index is 0.314. The maximum absolute atomic E-state index is 12.2. The molecule has 0 bridgehead atoms. The molecular weight excluding hydrogens is 470 g/mol. The van der Waals surface area contributed by atoms with Gasteiger partial charge in [0.15, 0.2) is 0 Å². The number of piperidine rings is 1. The molecule has 3 aromatic rings. The number of aromatic nitrogens is 1. The first-order valence-electron chi connectivity index (χ1n) is 12.9. The van der Waals surface area contributed by atoms with E-state index in [-0.39, 0.29) is 5.97 Å². The summed E-state index contributed by atoms with van der Waals surface area (Å²) in [6, 6.07) is 16.4. The molecule has 0 radical (unpaired) electrons. The van der Waals surface area contributed by atoms with Gasteiger partial charge in [-0.2, -0.15) is 0 Å². The number of benzene rings is 2. The molecule has 6 nitrogen and oxygen atoms in total. The third-order valence-electron chi connectivity index (χ3n) is 7.48. The fourth-order valence-corrected chi connectivity index (χ4v) is 6.73. The summed E-state index contributed by atoms with van der Waals surface area (Å²) in [5, 5.41) is 11.4. The molecule has 190 valence electrons. The van der Waals surface area contributed by atoms with Gasteiger partial charge in [0, 0.05) is 37.3 Å². The molecule has 1 spiro atoms. The lowest BCUT2D eigenvalue weighted by molar-refractivity contribution is 0.0531. The Morgan fingerprint density at radius 1 is 1.08 bits per heavy atom. The number of carbonyl (C=O) groups is 1. The summed E-state index contributed by atoms with van der Waals surface area (Å²) < 4.78 is 5.17. The molecule has 1 aromatic heterocycles. The maximum atomic E-state index is 12.2. The highest BCUT2D eigenvalue weighted by Gasteiger charge is 2.41. The first-order valence-corrected chi connectivity index (χ1v) is 13.7. The van der Waals surface area contributed by atoms with E-state index in [0.29, 0.717) is 28.3 Å². The van der Waals surface area contributed by atoms with Crippen molar-refractivity contribution in [2.45, 2.75) is 46.2 Å². The molecule has 7 heteroatoms. The topological polar surface area (TPSA) is 65.9 Å². The van der Waals surface area contributed by atoms with Gasteiger partial charge in [-0.3, -0.25) is 9.80 Å². The van der Waals surface area contributed by atoms with Crippen molar-refractivity contribution in [2.75, 3.05) is 32.8 Å². The number of likely N-dealkylation sites (tertiary alicyclic amines) is 2. The number of phenolic OH excluding ortho intramolecular Hbond substituents is 1. The van der Waals surface area contributed by atoms with Crippen molar-refractivity contribution in [3.8, 4) is 16.3 Å². The van der Waals surface area contributed by atoms with Crippen molar-refractivity contribution in [3.05, 3.63) is 70.2 Å². The number of hydrogen-bond donors (Lipinski definition) is 1. The maximum Gasteiger partial charge on any atom is 0.350 e. The van der Waals surface area contributed by atoms with Gasteiger partial charge < -0.3 is 9.84 Å². The molecule has 0 aliphatic carbocycles. The molecule has 0 amide bonds. The fraction of sp³-hybridized carbons (Fsp3) is 0.448. The van der Waals surface area contributed by atoms with Gasteiger partial charge in [0.05, 0.1) is 12.3 Å². The van der Waals surface area contributed by atoms with Crippen LogP contribution in [-0.2, 0) is 17.8 Å². The summed E-state index contributed by atoms with van der Waals surface area (Å²) in [4.78, 5) is 22.5. The molecule has 1 atom stereocenters. The highest BCUT2D eigenvalue weighted by molar-refractivity contribution is 7.17. The van der Waals surface area contributed by atoms with E-state index in [4.69, 9.17) is 4.74 Å². The molecule has 0 unspecified atom stereocenters. The summed E-state index contributed by atoms with van der Waals surface area (Å²) in [5.74, 6) is -0.0105. The first kappa shape index (κ1) is 24.9. The SMILES string of the molecule is CCOC(=O)c1sc(-c2ccc(O)c(CN3CCC[C@@]4(CCN(Cc5ccccc5)C4)C3)c2)nc1C. The minimum atomic E-state index is -0.325. The molecule has 2 aromatic carbocycles. The number of aryl methyl sites for hydroxylation is 1. The number of ether oxygens (including phenoxy) is 1. The van der Waals surface area contributed by atoms with Crippen molar-refractivity contribution in [1.29, 1.82) is 0 Å². The van der Waals surface area contributed by atoms with Crippen LogP contribution < -0.4 is 0 Å². The van der Waals surface area contributed by atoms with E-state index in [2.05, 4.69) is 45.1 Å². The standard InChI is InChI=1S/C29H35N3O3S/c1-3-35-28(34)26-21(2)30-27(36-26)23-10-11-25(33)24(16-23)18-31-14-7-12-29(19-31)13-15-32(20-29)17-22-8-5-4-6-9-22/h4-6,8-11,16,33H,3,7,12-15,17-20H2,1-2H3/t29-/m1/s1. The van der Waals surface area contributed by atoms with Gasteiger partial charge >= 0.3 is 5.97 Å². The number of carbonyl (C=O) groups excluding carboxylic acids is 1. The van der Waals surface area contributed by atoms with Crippen LogP contribution in [0.1, 0.15) is 52.7 Å². The lowest BCUT2D eigenvalue weighted by Gasteiger charge is -2.40. The van der Waals surface area contributed by atoms with E-state index in [9.17, 15) is 9.90 Å². The summed E-state index contributed by atoms with van der Waals surface area (Å²) >= 11 is 1.35. The number of rotatable bonds is 7. The molecule has 2 fully saturated rings. The third kappa shape index (κ3) is 5.48. The average Bonchev–Trinajstić information content (AvgIpc) is 3.44. The molecule has 0 saturated carbocycles. The first-order chi connectivity index (χ1) is 17.4. The second-order valence-electron chi connectivity index (χ2n) is 10.3. The van der Waals surface area contributed by atoms with Crippen LogP contribution in [0.2, 0.25) is 0 Å². The van der Waals surface area contributed by atoms with Crippen LogP contribution in [-0.4, -0.2) is 58.6 Å². The molecule has 2 aliphatic heterocycles.